The van der Waals surface area contributed by atoms with E-state index in [0.29, 0.717) is 0 Å². The van der Waals surface area contributed by atoms with Crippen LogP contribution in [-0.2, 0) is 7.05 Å². The SMILES string of the molecule is Cn1cc(C#N)cc(F)c1=O. The lowest BCUT2D eigenvalue weighted by molar-refractivity contribution is 0.589. The molecule has 0 atom stereocenters. The summed E-state index contributed by atoms with van der Waals surface area (Å²) in [4.78, 5) is 10.7. The van der Waals surface area contributed by atoms with Crippen molar-refractivity contribution in [2.24, 2.45) is 7.05 Å². The predicted octanol–water partition coefficient (Wildman–Crippen LogP) is 0.396. The summed E-state index contributed by atoms with van der Waals surface area (Å²) in [6.45, 7) is 0. The number of nitrogens with zero attached hydrogens (tertiary/aromatic N) is 2. The molecule has 0 spiro atoms. The van der Waals surface area contributed by atoms with Crippen molar-refractivity contribution in [1.82, 2.24) is 4.57 Å². The van der Waals surface area contributed by atoms with E-state index in [2.05, 4.69) is 0 Å². The van der Waals surface area contributed by atoms with Crippen LogP contribution >= 0.6 is 0 Å². The van der Waals surface area contributed by atoms with Crippen molar-refractivity contribution in [3.05, 3.63) is 34.0 Å². The van der Waals surface area contributed by atoms with Gasteiger partial charge < -0.3 is 4.57 Å². The van der Waals surface area contributed by atoms with E-state index < -0.39 is 11.4 Å². The minimum absolute atomic E-state index is 0.143. The first-order valence-corrected chi connectivity index (χ1v) is 2.91. The highest BCUT2D eigenvalue weighted by molar-refractivity contribution is 5.25. The molecule has 0 radical (unpaired) electrons. The van der Waals surface area contributed by atoms with Gasteiger partial charge in [-0.15, -0.1) is 0 Å². The number of nitriles is 1. The van der Waals surface area contributed by atoms with E-state index in [-0.39, 0.29) is 5.56 Å². The first-order chi connectivity index (χ1) is 5.15. The lowest BCUT2D eigenvalue weighted by Gasteiger charge is -1.95. The third kappa shape index (κ3) is 1.27. The van der Waals surface area contributed by atoms with Gasteiger partial charge in [-0.25, -0.2) is 4.39 Å². The number of hydrogen-bond donors (Lipinski definition) is 0. The summed E-state index contributed by atoms with van der Waals surface area (Å²) in [5, 5.41) is 8.35. The van der Waals surface area contributed by atoms with Crippen molar-refractivity contribution in [3.63, 3.8) is 0 Å². The van der Waals surface area contributed by atoms with Crippen molar-refractivity contribution < 1.29 is 4.39 Å². The molecule has 56 valence electrons. The molecule has 1 aromatic heterocycles. The van der Waals surface area contributed by atoms with Gasteiger partial charge in [-0.2, -0.15) is 5.26 Å². The van der Waals surface area contributed by atoms with Gasteiger partial charge in [0.1, 0.15) is 6.07 Å². The second-order valence-electron chi connectivity index (χ2n) is 2.10. The van der Waals surface area contributed by atoms with E-state index in [1.54, 1.807) is 6.07 Å². The molecule has 1 heterocycles. The molecule has 0 N–H and O–H groups in total. The highest BCUT2D eigenvalue weighted by Gasteiger charge is 2.01. The highest BCUT2D eigenvalue weighted by Crippen LogP contribution is 1.95. The van der Waals surface area contributed by atoms with Crippen LogP contribution in [0.15, 0.2) is 17.1 Å². The number of pyridine rings is 1. The van der Waals surface area contributed by atoms with Gasteiger partial charge in [0, 0.05) is 13.2 Å². The molecule has 0 saturated heterocycles. The van der Waals surface area contributed by atoms with Crippen LogP contribution in [-0.4, -0.2) is 4.57 Å². The fourth-order valence-electron chi connectivity index (χ4n) is 0.732. The van der Waals surface area contributed by atoms with Gasteiger partial charge in [-0.1, -0.05) is 0 Å². The molecule has 1 aromatic rings. The van der Waals surface area contributed by atoms with Crippen LogP contribution in [0.4, 0.5) is 4.39 Å². The zero-order valence-electron chi connectivity index (χ0n) is 5.84. The molecule has 0 fully saturated rings. The second kappa shape index (κ2) is 2.54. The van der Waals surface area contributed by atoms with Crippen molar-refractivity contribution in [2.45, 2.75) is 0 Å². The minimum Gasteiger partial charge on any atom is -0.315 e. The Kier molecular flexibility index (Phi) is 1.73. The Balaban J connectivity index is 3.47. The Morgan fingerprint density at radius 3 is 2.82 bits per heavy atom. The summed E-state index contributed by atoms with van der Waals surface area (Å²) in [6, 6.07) is 2.66. The lowest BCUT2D eigenvalue weighted by atomic mass is 10.3. The normalized spacial score (nSPS) is 9.18. The van der Waals surface area contributed by atoms with E-state index in [0.717, 1.165) is 10.6 Å². The second-order valence-corrected chi connectivity index (χ2v) is 2.10. The maximum Gasteiger partial charge on any atom is 0.286 e. The van der Waals surface area contributed by atoms with E-state index in [1.165, 1.54) is 13.2 Å². The monoisotopic (exact) mass is 152 g/mol. The van der Waals surface area contributed by atoms with E-state index >= 15 is 0 Å². The lowest BCUT2D eigenvalue weighted by Crippen LogP contribution is -2.19. The van der Waals surface area contributed by atoms with Crippen LogP contribution in [0.25, 0.3) is 0 Å². The first kappa shape index (κ1) is 7.48. The molecule has 0 bridgehead atoms. The molecule has 0 saturated carbocycles. The molecular weight excluding hydrogens is 147 g/mol. The molecule has 0 aliphatic rings. The molecule has 0 unspecified atom stereocenters. The van der Waals surface area contributed by atoms with Crippen molar-refractivity contribution in [1.29, 1.82) is 5.26 Å². The Bertz CT molecular complexity index is 349. The average Bonchev–Trinajstić information content (AvgIpc) is 1.99. The molecule has 0 aromatic carbocycles. The predicted molar refractivity (Wildman–Crippen MR) is 36.4 cm³/mol. The summed E-state index contributed by atoms with van der Waals surface area (Å²) >= 11 is 0. The smallest absolute Gasteiger partial charge is 0.286 e. The topological polar surface area (TPSA) is 45.8 Å². The summed E-state index contributed by atoms with van der Waals surface area (Å²) in [5.41, 5.74) is -0.575. The van der Waals surface area contributed by atoms with Crippen LogP contribution in [0.1, 0.15) is 5.56 Å². The minimum atomic E-state index is -0.897. The van der Waals surface area contributed by atoms with Crippen molar-refractivity contribution in [3.8, 4) is 6.07 Å². The van der Waals surface area contributed by atoms with Gasteiger partial charge in [0.15, 0.2) is 5.82 Å². The van der Waals surface area contributed by atoms with E-state index in [4.69, 9.17) is 5.26 Å². The van der Waals surface area contributed by atoms with Crippen LogP contribution in [0.2, 0.25) is 0 Å². The molecule has 0 aliphatic carbocycles. The zero-order chi connectivity index (χ0) is 8.43. The van der Waals surface area contributed by atoms with Gasteiger partial charge >= 0.3 is 0 Å². The Labute approximate surface area is 62.3 Å². The Hall–Kier alpha value is -1.63. The summed E-state index contributed by atoms with van der Waals surface area (Å²) in [5.74, 6) is -0.897. The quantitative estimate of drug-likeness (QED) is 0.540. The van der Waals surface area contributed by atoms with Crippen LogP contribution < -0.4 is 5.56 Å². The standard InChI is InChI=1S/C7H5FN2O/c1-10-4-5(3-9)2-6(8)7(10)11/h2,4H,1H3. The van der Waals surface area contributed by atoms with Crippen molar-refractivity contribution >= 4 is 0 Å². The summed E-state index contributed by atoms with van der Waals surface area (Å²) < 4.78 is 13.6. The fourth-order valence-corrected chi connectivity index (χ4v) is 0.732. The van der Waals surface area contributed by atoms with Gasteiger partial charge in [0.25, 0.3) is 5.56 Å². The molecule has 3 nitrogen and oxygen atoms in total. The maximum atomic E-state index is 12.5. The Morgan fingerprint density at radius 2 is 2.36 bits per heavy atom. The molecule has 4 heteroatoms. The first-order valence-electron chi connectivity index (χ1n) is 2.91. The number of hydrogen-bond acceptors (Lipinski definition) is 2. The van der Waals surface area contributed by atoms with Crippen LogP contribution in [0, 0.1) is 17.1 Å². The van der Waals surface area contributed by atoms with Gasteiger partial charge in [-0.05, 0) is 6.07 Å². The Morgan fingerprint density at radius 1 is 1.73 bits per heavy atom. The maximum absolute atomic E-state index is 12.5. The summed E-state index contributed by atoms with van der Waals surface area (Å²) in [6.07, 6.45) is 1.28. The average molecular weight is 152 g/mol. The van der Waals surface area contributed by atoms with Gasteiger partial charge in [-0.3, -0.25) is 4.79 Å². The van der Waals surface area contributed by atoms with Gasteiger partial charge in [0.2, 0.25) is 0 Å². The number of aromatic nitrogens is 1. The van der Waals surface area contributed by atoms with Gasteiger partial charge in [0.05, 0.1) is 5.56 Å². The zero-order valence-corrected chi connectivity index (χ0v) is 5.84. The number of aryl methyl sites for hydroxylation is 1. The van der Waals surface area contributed by atoms with E-state index in [9.17, 15) is 9.18 Å². The number of rotatable bonds is 0. The molecule has 11 heavy (non-hydrogen) atoms. The number of halogens is 1. The third-order valence-corrected chi connectivity index (χ3v) is 1.27. The summed E-state index contributed by atoms with van der Waals surface area (Å²) in [7, 11) is 1.40. The molecule has 1 rings (SSSR count). The molecule has 0 aliphatic heterocycles. The van der Waals surface area contributed by atoms with Crippen LogP contribution in [0.5, 0.6) is 0 Å². The molecular formula is C7H5FN2O. The van der Waals surface area contributed by atoms with Crippen molar-refractivity contribution in [2.75, 3.05) is 0 Å². The molecule has 0 amide bonds. The fraction of sp³-hybridized carbons (Fsp3) is 0.143. The third-order valence-electron chi connectivity index (χ3n) is 1.27. The highest BCUT2D eigenvalue weighted by atomic mass is 19.1. The van der Waals surface area contributed by atoms with E-state index in [1.807, 2.05) is 0 Å². The largest absolute Gasteiger partial charge is 0.315 e. The van der Waals surface area contributed by atoms with Crippen LogP contribution in [0.3, 0.4) is 0 Å².